The number of halogens is 1. The van der Waals surface area contributed by atoms with Gasteiger partial charge >= 0.3 is 0 Å². The van der Waals surface area contributed by atoms with Gasteiger partial charge in [0.05, 0.1) is 19.1 Å². The molecule has 150 valence electrons. The van der Waals surface area contributed by atoms with Crippen molar-refractivity contribution in [3.8, 4) is 5.75 Å². The summed E-state index contributed by atoms with van der Waals surface area (Å²) in [5.41, 5.74) is 1.62. The molecule has 28 heavy (non-hydrogen) atoms. The highest BCUT2D eigenvalue weighted by atomic mass is 35.5. The SMILES string of the molecule is COc1cc(Cl)c(C)cc1NC(C)C(=O)N1CCN(C(=O)c2ccco2)CC1. The molecule has 1 aromatic heterocycles. The number of methoxy groups -OCH3 is 1. The number of furan rings is 1. The lowest BCUT2D eigenvalue weighted by Crippen LogP contribution is -2.53. The van der Waals surface area contributed by atoms with Gasteiger partial charge in [-0.25, -0.2) is 0 Å². The summed E-state index contributed by atoms with van der Waals surface area (Å²) in [6.07, 6.45) is 1.48. The highest BCUT2D eigenvalue weighted by molar-refractivity contribution is 6.31. The fourth-order valence-electron chi connectivity index (χ4n) is 3.20. The summed E-state index contributed by atoms with van der Waals surface area (Å²) in [5.74, 6) is 0.730. The van der Waals surface area contributed by atoms with Crippen molar-refractivity contribution < 1.29 is 18.7 Å². The number of rotatable bonds is 5. The van der Waals surface area contributed by atoms with E-state index in [2.05, 4.69) is 5.32 Å². The van der Waals surface area contributed by atoms with Crippen LogP contribution in [0.25, 0.3) is 0 Å². The van der Waals surface area contributed by atoms with E-state index in [4.69, 9.17) is 20.8 Å². The summed E-state index contributed by atoms with van der Waals surface area (Å²) in [5, 5.41) is 3.82. The van der Waals surface area contributed by atoms with Gasteiger partial charge in [0, 0.05) is 37.3 Å². The van der Waals surface area contributed by atoms with Crippen LogP contribution in [0.4, 0.5) is 5.69 Å². The molecule has 2 amide bonds. The fraction of sp³-hybridized carbons (Fsp3) is 0.400. The van der Waals surface area contributed by atoms with E-state index in [9.17, 15) is 9.59 Å². The van der Waals surface area contributed by atoms with Crippen molar-refractivity contribution in [3.05, 3.63) is 46.9 Å². The summed E-state index contributed by atoms with van der Waals surface area (Å²) in [6, 6.07) is 6.49. The maximum absolute atomic E-state index is 12.8. The number of carbonyl (C=O) groups excluding carboxylic acids is 2. The number of anilines is 1. The van der Waals surface area contributed by atoms with E-state index in [1.54, 1.807) is 35.1 Å². The first-order chi connectivity index (χ1) is 13.4. The van der Waals surface area contributed by atoms with E-state index in [1.165, 1.54) is 6.26 Å². The summed E-state index contributed by atoms with van der Waals surface area (Å²) in [7, 11) is 1.56. The number of hydrogen-bond acceptors (Lipinski definition) is 5. The number of nitrogens with zero attached hydrogens (tertiary/aromatic N) is 2. The second-order valence-corrected chi connectivity index (χ2v) is 7.17. The second kappa shape index (κ2) is 8.56. The standard InChI is InChI=1S/C20H24ClN3O4/c1-13-11-16(18(27-3)12-15(13)21)22-14(2)19(25)23-6-8-24(9-7-23)20(26)17-5-4-10-28-17/h4-5,10-12,14,22H,6-9H2,1-3H3. The third-order valence-corrected chi connectivity index (χ3v) is 5.24. The first-order valence-electron chi connectivity index (χ1n) is 9.13. The monoisotopic (exact) mass is 405 g/mol. The first-order valence-corrected chi connectivity index (χ1v) is 9.50. The van der Waals surface area contributed by atoms with Gasteiger partial charge in [-0.15, -0.1) is 0 Å². The van der Waals surface area contributed by atoms with Crippen LogP contribution < -0.4 is 10.1 Å². The molecule has 3 rings (SSSR count). The van der Waals surface area contributed by atoms with Gasteiger partial charge in [-0.2, -0.15) is 0 Å². The van der Waals surface area contributed by atoms with E-state index in [0.29, 0.717) is 42.7 Å². The lowest BCUT2D eigenvalue weighted by atomic mass is 10.1. The Hall–Kier alpha value is -2.67. The van der Waals surface area contributed by atoms with E-state index < -0.39 is 6.04 Å². The molecule has 2 aromatic rings. The third kappa shape index (κ3) is 4.25. The van der Waals surface area contributed by atoms with Gasteiger partial charge in [-0.1, -0.05) is 11.6 Å². The van der Waals surface area contributed by atoms with E-state index >= 15 is 0 Å². The highest BCUT2D eigenvalue weighted by Crippen LogP contribution is 2.31. The molecule has 0 radical (unpaired) electrons. The maximum Gasteiger partial charge on any atom is 0.289 e. The van der Waals surface area contributed by atoms with Crippen LogP contribution in [0.15, 0.2) is 34.9 Å². The quantitative estimate of drug-likeness (QED) is 0.827. The molecular formula is C20H24ClN3O4. The number of amides is 2. The third-order valence-electron chi connectivity index (χ3n) is 4.83. The van der Waals surface area contributed by atoms with Gasteiger partial charge in [-0.05, 0) is 37.6 Å². The van der Waals surface area contributed by atoms with Gasteiger partial charge in [0.1, 0.15) is 11.8 Å². The van der Waals surface area contributed by atoms with Crippen LogP contribution in [0, 0.1) is 6.92 Å². The zero-order valence-electron chi connectivity index (χ0n) is 16.2. The molecule has 1 fully saturated rings. The fourth-order valence-corrected chi connectivity index (χ4v) is 3.35. The number of carbonyl (C=O) groups is 2. The van der Waals surface area contributed by atoms with E-state index in [0.717, 1.165) is 11.3 Å². The number of ether oxygens (including phenoxy) is 1. The Bertz CT molecular complexity index is 845. The van der Waals surface area contributed by atoms with Crippen molar-refractivity contribution in [1.29, 1.82) is 0 Å². The Balaban J connectivity index is 1.59. The van der Waals surface area contributed by atoms with Crippen molar-refractivity contribution in [2.24, 2.45) is 0 Å². The zero-order chi connectivity index (χ0) is 20.3. The van der Waals surface area contributed by atoms with Gasteiger partial charge in [0.25, 0.3) is 5.91 Å². The number of benzene rings is 1. The van der Waals surface area contributed by atoms with Crippen LogP contribution >= 0.6 is 11.6 Å². The molecule has 1 atom stereocenters. The lowest BCUT2D eigenvalue weighted by molar-refractivity contribution is -0.133. The molecule has 1 aliphatic rings. The van der Waals surface area contributed by atoms with Gasteiger partial charge in [0.2, 0.25) is 5.91 Å². The Morgan fingerprint density at radius 1 is 1.21 bits per heavy atom. The molecule has 7 nitrogen and oxygen atoms in total. The molecule has 1 N–H and O–H groups in total. The second-order valence-electron chi connectivity index (χ2n) is 6.76. The van der Waals surface area contributed by atoms with Crippen molar-refractivity contribution >= 4 is 29.1 Å². The minimum atomic E-state index is -0.443. The Labute approximate surface area is 169 Å². The van der Waals surface area contributed by atoms with Gasteiger partial charge in [-0.3, -0.25) is 9.59 Å². The molecule has 1 aliphatic heterocycles. The topological polar surface area (TPSA) is 75.0 Å². The van der Waals surface area contributed by atoms with E-state index in [-0.39, 0.29) is 11.8 Å². The normalized spacial score (nSPS) is 15.3. The largest absolute Gasteiger partial charge is 0.495 e. The number of hydrogen-bond donors (Lipinski definition) is 1. The smallest absolute Gasteiger partial charge is 0.289 e. The molecule has 0 spiro atoms. The van der Waals surface area contributed by atoms with Crippen molar-refractivity contribution in [1.82, 2.24) is 9.80 Å². The number of nitrogens with one attached hydrogen (secondary N) is 1. The Kier molecular flexibility index (Phi) is 6.14. The molecule has 1 aromatic carbocycles. The molecule has 2 heterocycles. The predicted molar refractivity (Wildman–Crippen MR) is 107 cm³/mol. The lowest BCUT2D eigenvalue weighted by Gasteiger charge is -2.35. The summed E-state index contributed by atoms with van der Waals surface area (Å²) < 4.78 is 10.5. The summed E-state index contributed by atoms with van der Waals surface area (Å²) in [6.45, 7) is 5.62. The molecule has 8 heteroatoms. The average Bonchev–Trinajstić information content (AvgIpc) is 3.24. The summed E-state index contributed by atoms with van der Waals surface area (Å²) >= 11 is 6.14. The molecular weight excluding hydrogens is 382 g/mol. The summed E-state index contributed by atoms with van der Waals surface area (Å²) in [4.78, 5) is 28.6. The zero-order valence-corrected chi connectivity index (χ0v) is 17.0. The van der Waals surface area contributed by atoms with Crippen LogP contribution in [-0.4, -0.2) is 60.9 Å². The molecule has 0 aliphatic carbocycles. The van der Waals surface area contributed by atoms with Crippen molar-refractivity contribution in [3.63, 3.8) is 0 Å². The van der Waals surface area contributed by atoms with Crippen LogP contribution in [0.3, 0.4) is 0 Å². The van der Waals surface area contributed by atoms with Crippen LogP contribution in [0.1, 0.15) is 23.0 Å². The number of piperazine rings is 1. The maximum atomic E-state index is 12.8. The Morgan fingerprint density at radius 3 is 2.50 bits per heavy atom. The van der Waals surface area contributed by atoms with Crippen LogP contribution in [-0.2, 0) is 4.79 Å². The molecule has 0 bridgehead atoms. The minimum absolute atomic E-state index is 0.0280. The highest BCUT2D eigenvalue weighted by Gasteiger charge is 2.28. The average molecular weight is 406 g/mol. The predicted octanol–water partition coefficient (Wildman–Crippen LogP) is 3.04. The van der Waals surface area contributed by atoms with Gasteiger partial charge < -0.3 is 24.3 Å². The molecule has 0 saturated carbocycles. The number of aryl methyl sites for hydroxylation is 1. The van der Waals surface area contributed by atoms with Crippen molar-refractivity contribution in [2.75, 3.05) is 38.6 Å². The molecule has 1 unspecified atom stereocenters. The van der Waals surface area contributed by atoms with Crippen molar-refractivity contribution in [2.45, 2.75) is 19.9 Å². The first kappa shape index (κ1) is 20.1. The molecule has 1 saturated heterocycles. The minimum Gasteiger partial charge on any atom is -0.495 e. The van der Waals surface area contributed by atoms with Crippen LogP contribution in [0.2, 0.25) is 5.02 Å². The van der Waals surface area contributed by atoms with Gasteiger partial charge in [0.15, 0.2) is 5.76 Å². The Morgan fingerprint density at radius 2 is 1.89 bits per heavy atom. The van der Waals surface area contributed by atoms with E-state index in [1.807, 2.05) is 19.9 Å². The van der Waals surface area contributed by atoms with Crippen LogP contribution in [0.5, 0.6) is 5.75 Å².